The van der Waals surface area contributed by atoms with Gasteiger partial charge in [-0.05, 0) is 0 Å². The smallest absolute Gasteiger partial charge is 0.218 e. The van der Waals surface area contributed by atoms with E-state index >= 15 is 0 Å². The molecule has 1 amide bonds. The van der Waals surface area contributed by atoms with Gasteiger partial charge in [0.15, 0.2) is 0 Å². The van der Waals surface area contributed by atoms with E-state index in [1.54, 1.807) is 28.3 Å². The first kappa shape index (κ1) is 13.9. The van der Waals surface area contributed by atoms with Gasteiger partial charge in [-0.1, -0.05) is 0 Å². The zero-order valence-corrected chi connectivity index (χ0v) is 8.59. The summed E-state index contributed by atoms with van der Waals surface area (Å²) in [7, 11) is 6.75. The van der Waals surface area contributed by atoms with Crippen molar-refractivity contribution in [1.29, 1.82) is 0 Å². The lowest BCUT2D eigenvalue weighted by Crippen LogP contribution is -2.17. The molecular formula is C8H19NO3. The standard InChI is InChI=1S/C4H9NO.C4H10O2/c1-4(6)5(2)3;1-5-3-4-6-2/h1-3H3;3-4H2,1-2H3. The Balaban J connectivity index is 0. The highest BCUT2D eigenvalue weighted by Gasteiger charge is 1.87. The van der Waals surface area contributed by atoms with Crippen molar-refractivity contribution >= 4 is 5.91 Å². The molecule has 0 atom stereocenters. The molecule has 0 radical (unpaired) electrons. The molecular weight excluding hydrogens is 158 g/mol. The minimum atomic E-state index is 0.0926. The highest BCUT2D eigenvalue weighted by atomic mass is 16.5. The van der Waals surface area contributed by atoms with E-state index in [4.69, 9.17) is 0 Å². The van der Waals surface area contributed by atoms with Crippen LogP contribution in [0.2, 0.25) is 0 Å². The van der Waals surface area contributed by atoms with Crippen molar-refractivity contribution < 1.29 is 14.3 Å². The summed E-state index contributed by atoms with van der Waals surface area (Å²) in [5.74, 6) is 0.0926. The van der Waals surface area contributed by atoms with E-state index in [0.29, 0.717) is 13.2 Å². The maximum absolute atomic E-state index is 10.1. The molecule has 0 saturated heterocycles. The Kier molecular flexibility index (Phi) is 12.1. The summed E-state index contributed by atoms with van der Waals surface area (Å²) in [6.07, 6.45) is 0. The van der Waals surface area contributed by atoms with Crippen LogP contribution < -0.4 is 0 Å². The Labute approximate surface area is 74.4 Å². The van der Waals surface area contributed by atoms with E-state index in [-0.39, 0.29) is 5.91 Å². The molecule has 0 spiro atoms. The van der Waals surface area contributed by atoms with Gasteiger partial charge in [0, 0.05) is 35.2 Å². The summed E-state index contributed by atoms with van der Waals surface area (Å²) < 4.78 is 9.31. The van der Waals surface area contributed by atoms with Crippen LogP contribution in [0.15, 0.2) is 0 Å². The van der Waals surface area contributed by atoms with E-state index in [0.717, 1.165) is 0 Å². The third-order valence-electron chi connectivity index (χ3n) is 1.12. The second-order valence-electron chi connectivity index (χ2n) is 2.40. The van der Waals surface area contributed by atoms with Crippen molar-refractivity contribution in [1.82, 2.24) is 4.90 Å². The summed E-state index contributed by atoms with van der Waals surface area (Å²) >= 11 is 0. The van der Waals surface area contributed by atoms with Gasteiger partial charge in [0.1, 0.15) is 0 Å². The maximum Gasteiger partial charge on any atom is 0.218 e. The van der Waals surface area contributed by atoms with Crippen LogP contribution in [0.25, 0.3) is 0 Å². The number of hydrogen-bond acceptors (Lipinski definition) is 3. The quantitative estimate of drug-likeness (QED) is 0.585. The topological polar surface area (TPSA) is 38.8 Å². The van der Waals surface area contributed by atoms with Crippen LogP contribution in [0, 0.1) is 0 Å². The van der Waals surface area contributed by atoms with Crippen molar-refractivity contribution in [2.75, 3.05) is 41.5 Å². The van der Waals surface area contributed by atoms with Crippen molar-refractivity contribution in [3.8, 4) is 0 Å². The van der Waals surface area contributed by atoms with E-state index in [1.165, 1.54) is 11.8 Å². The molecule has 0 aliphatic carbocycles. The maximum atomic E-state index is 10.1. The fraction of sp³-hybridized carbons (Fsp3) is 0.875. The molecule has 0 saturated carbocycles. The molecule has 4 heteroatoms. The molecule has 0 heterocycles. The molecule has 0 N–H and O–H groups in total. The van der Waals surface area contributed by atoms with Crippen LogP contribution in [-0.2, 0) is 14.3 Å². The number of carbonyl (C=O) groups is 1. The van der Waals surface area contributed by atoms with Gasteiger partial charge in [0.25, 0.3) is 0 Å². The van der Waals surface area contributed by atoms with Crippen molar-refractivity contribution in [3.05, 3.63) is 0 Å². The molecule has 0 aromatic rings. The number of methoxy groups -OCH3 is 2. The number of hydrogen-bond donors (Lipinski definition) is 0. The van der Waals surface area contributed by atoms with E-state index < -0.39 is 0 Å². The molecule has 0 aliphatic heterocycles. The number of carbonyl (C=O) groups excluding carboxylic acids is 1. The molecule has 0 fully saturated rings. The van der Waals surface area contributed by atoms with Crippen LogP contribution in [0.3, 0.4) is 0 Å². The zero-order valence-electron chi connectivity index (χ0n) is 8.59. The van der Waals surface area contributed by atoms with Gasteiger partial charge in [-0.3, -0.25) is 4.79 Å². The molecule has 0 rings (SSSR count). The lowest BCUT2D eigenvalue weighted by Gasteiger charge is -2.02. The molecule has 0 aromatic carbocycles. The number of rotatable bonds is 3. The second-order valence-corrected chi connectivity index (χ2v) is 2.40. The first-order valence-corrected chi connectivity index (χ1v) is 3.72. The Morgan fingerprint density at radius 2 is 1.42 bits per heavy atom. The summed E-state index contributed by atoms with van der Waals surface area (Å²) in [6.45, 7) is 2.91. The van der Waals surface area contributed by atoms with Crippen LogP contribution in [-0.4, -0.2) is 52.3 Å². The molecule has 0 bridgehead atoms. The monoisotopic (exact) mass is 177 g/mol. The Bertz CT molecular complexity index is 100. The van der Waals surface area contributed by atoms with Gasteiger partial charge >= 0.3 is 0 Å². The normalized spacial score (nSPS) is 8.42. The molecule has 0 aliphatic rings. The number of nitrogens with zero attached hydrogens (tertiary/aromatic N) is 1. The summed E-state index contributed by atoms with van der Waals surface area (Å²) in [5, 5.41) is 0. The van der Waals surface area contributed by atoms with Gasteiger partial charge in [-0.2, -0.15) is 0 Å². The lowest BCUT2D eigenvalue weighted by atomic mass is 10.7. The fourth-order valence-electron chi connectivity index (χ4n) is 0.167. The van der Waals surface area contributed by atoms with Crippen LogP contribution in [0.4, 0.5) is 0 Å². The van der Waals surface area contributed by atoms with E-state index in [9.17, 15) is 4.79 Å². The van der Waals surface area contributed by atoms with E-state index in [1.807, 2.05) is 0 Å². The van der Waals surface area contributed by atoms with Gasteiger partial charge in [-0.25, -0.2) is 0 Å². The van der Waals surface area contributed by atoms with Crippen LogP contribution >= 0.6 is 0 Å². The first-order valence-electron chi connectivity index (χ1n) is 3.72. The fourth-order valence-corrected chi connectivity index (χ4v) is 0.167. The minimum Gasteiger partial charge on any atom is -0.382 e. The summed E-state index contributed by atoms with van der Waals surface area (Å²) in [6, 6.07) is 0. The molecule has 0 aromatic heterocycles. The third-order valence-corrected chi connectivity index (χ3v) is 1.12. The van der Waals surface area contributed by atoms with E-state index in [2.05, 4.69) is 9.47 Å². The van der Waals surface area contributed by atoms with Crippen molar-refractivity contribution in [2.45, 2.75) is 6.92 Å². The highest BCUT2D eigenvalue weighted by molar-refractivity contribution is 5.72. The lowest BCUT2D eigenvalue weighted by molar-refractivity contribution is -0.126. The predicted octanol–water partition coefficient (Wildman–Crippen LogP) is 0.374. The molecule has 0 unspecified atom stereocenters. The zero-order chi connectivity index (χ0) is 9.98. The Morgan fingerprint density at radius 3 is 1.50 bits per heavy atom. The van der Waals surface area contributed by atoms with Crippen LogP contribution in [0.5, 0.6) is 0 Å². The number of amides is 1. The molecule has 4 nitrogen and oxygen atoms in total. The summed E-state index contributed by atoms with van der Waals surface area (Å²) in [5.41, 5.74) is 0. The Morgan fingerprint density at radius 1 is 1.17 bits per heavy atom. The first-order chi connectivity index (χ1) is 5.56. The summed E-state index contributed by atoms with van der Waals surface area (Å²) in [4.78, 5) is 11.6. The van der Waals surface area contributed by atoms with Crippen LogP contribution in [0.1, 0.15) is 6.92 Å². The molecule has 74 valence electrons. The SMILES string of the molecule is CC(=O)N(C)C.COCCOC. The third kappa shape index (κ3) is 16.2. The van der Waals surface area contributed by atoms with Gasteiger partial charge < -0.3 is 14.4 Å². The predicted molar refractivity (Wildman–Crippen MR) is 48.1 cm³/mol. The van der Waals surface area contributed by atoms with Gasteiger partial charge in [0.05, 0.1) is 13.2 Å². The largest absolute Gasteiger partial charge is 0.382 e. The van der Waals surface area contributed by atoms with Crippen molar-refractivity contribution in [3.63, 3.8) is 0 Å². The van der Waals surface area contributed by atoms with Crippen molar-refractivity contribution in [2.24, 2.45) is 0 Å². The number of ether oxygens (including phenoxy) is 2. The highest BCUT2D eigenvalue weighted by Crippen LogP contribution is 1.69. The molecule has 12 heavy (non-hydrogen) atoms. The van der Waals surface area contributed by atoms with Gasteiger partial charge in [-0.15, -0.1) is 0 Å². The average Bonchev–Trinajstić information content (AvgIpc) is 2.02. The van der Waals surface area contributed by atoms with Gasteiger partial charge in [0.2, 0.25) is 5.91 Å². The minimum absolute atomic E-state index is 0.0926. The average molecular weight is 177 g/mol. The second kappa shape index (κ2) is 10.4. The Hall–Kier alpha value is -0.610.